The minimum Gasteiger partial charge on any atom is -0.348 e. The lowest BCUT2D eigenvalue weighted by atomic mass is 9.86. The average molecular weight is 452 g/mol. The summed E-state index contributed by atoms with van der Waals surface area (Å²) in [7, 11) is 0. The van der Waals surface area contributed by atoms with E-state index in [0.29, 0.717) is 24.4 Å². The van der Waals surface area contributed by atoms with Crippen LogP contribution in [0.4, 0.5) is 18.9 Å². The summed E-state index contributed by atoms with van der Waals surface area (Å²) in [6, 6.07) is 15.6. The Labute approximate surface area is 190 Å². The molecule has 0 aromatic heterocycles. The van der Waals surface area contributed by atoms with Crippen molar-refractivity contribution in [3.63, 3.8) is 0 Å². The van der Waals surface area contributed by atoms with E-state index in [0.717, 1.165) is 11.1 Å². The van der Waals surface area contributed by atoms with Crippen molar-refractivity contribution < 1.29 is 22.8 Å². The maximum atomic E-state index is 13.9. The number of halogens is 3. The molecule has 1 aliphatic rings. The van der Waals surface area contributed by atoms with E-state index < -0.39 is 35.5 Å². The molecule has 0 fully saturated rings. The van der Waals surface area contributed by atoms with Gasteiger partial charge in [0.1, 0.15) is 17.5 Å². The molecule has 4 rings (SSSR count). The molecule has 0 unspecified atom stereocenters. The van der Waals surface area contributed by atoms with Crippen LogP contribution in [0.5, 0.6) is 0 Å². The van der Waals surface area contributed by atoms with Gasteiger partial charge in [0.15, 0.2) is 0 Å². The standard InChI is InChI=1S/C26H23F3N2O2/c1-26(2)15-31(24(32)10-16-6-4-3-5-7-16)23-11-17(8-9-20(23)26)25(33)30-14-19-21(28)12-18(27)13-22(19)29/h3-9,11-13H,10,14-15H2,1-2H3,(H,30,33). The Morgan fingerprint density at radius 3 is 2.30 bits per heavy atom. The molecule has 1 N–H and O–H groups in total. The number of nitrogens with one attached hydrogen (secondary N) is 1. The fourth-order valence-electron chi connectivity index (χ4n) is 4.13. The van der Waals surface area contributed by atoms with Gasteiger partial charge in [0.05, 0.1) is 6.42 Å². The van der Waals surface area contributed by atoms with E-state index in [1.165, 1.54) is 0 Å². The number of amides is 2. The summed E-state index contributed by atoms with van der Waals surface area (Å²) in [4.78, 5) is 27.5. The zero-order valence-electron chi connectivity index (χ0n) is 18.3. The first-order valence-electron chi connectivity index (χ1n) is 10.6. The van der Waals surface area contributed by atoms with Crippen molar-refractivity contribution in [2.24, 2.45) is 0 Å². The Balaban J connectivity index is 1.55. The van der Waals surface area contributed by atoms with Crippen LogP contribution in [0.3, 0.4) is 0 Å². The van der Waals surface area contributed by atoms with E-state index in [1.54, 1.807) is 23.1 Å². The number of hydrogen-bond donors (Lipinski definition) is 1. The van der Waals surface area contributed by atoms with E-state index >= 15 is 0 Å². The Hall–Kier alpha value is -3.61. The van der Waals surface area contributed by atoms with Crippen LogP contribution in [0.25, 0.3) is 0 Å². The molecule has 33 heavy (non-hydrogen) atoms. The quantitative estimate of drug-likeness (QED) is 0.599. The Kier molecular flexibility index (Phi) is 5.97. The van der Waals surface area contributed by atoms with Crippen LogP contribution in [0.15, 0.2) is 60.7 Å². The molecule has 7 heteroatoms. The second-order valence-corrected chi connectivity index (χ2v) is 8.79. The van der Waals surface area contributed by atoms with Gasteiger partial charge in [-0.15, -0.1) is 0 Å². The molecule has 1 heterocycles. The van der Waals surface area contributed by atoms with Gasteiger partial charge >= 0.3 is 0 Å². The minimum absolute atomic E-state index is 0.0824. The monoisotopic (exact) mass is 452 g/mol. The Morgan fingerprint density at radius 1 is 0.970 bits per heavy atom. The number of anilines is 1. The predicted molar refractivity (Wildman–Crippen MR) is 119 cm³/mol. The van der Waals surface area contributed by atoms with E-state index in [9.17, 15) is 22.8 Å². The Morgan fingerprint density at radius 2 is 1.64 bits per heavy atom. The van der Waals surface area contributed by atoms with Gasteiger partial charge in [0, 0.05) is 47.5 Å². The van der Waals surface area contributed by atoms with E-state index in [2.05, 4.69) is 5.32 Å². The van der Waals surface area contributed by atoms with Gasteiger partial charge in [-0.1, -0.05) is 50.2 Å². The summed E-state index contributed by atoms with van der Waals surface area (Å²) in [5, 5.41) is 2.47. The first-order chi connectivity index (χ1) is 15.7. The molecule has 3 aromatic rings. The van der Waals surface area contributed by atoms with Crippen LogP contribution < -0.4 is 10.2 Å². The normalized spacial score (nSPS) is 14.2. The number of carbonyl (C=O) groups is 2. The first-order valence-corrected chi connectivity index (χ1v) is 10.6. The number of benzene rings is 3. The minimum atomic E-state index is -1.07. The van der Waals surface area contributed by atoms with Gasteiger partial charge in [-0.25, -0.2) is 13.2 Å². The largest absolute Gasteiger partial charge is 0.348 e. The van der Waals surface area contributed by atoms with Crippen molar-refractivity contribution in [1.29, 1.82) is 0 Å². The molecule has 0 spiro atoms. The molecule has 0 saturated heterocycles. The molecule has 3 aromatic carbocycles. The summed E-state index contributed by atoms with van der Waals surface area (Å²) >= 11 is 0. The molecule has 0 bridgehead atoms. The van der Waals surface area contributed by atoms with Crippen LogP contribution in [-0.2, 0) is 23.2 Å². The van der Waals surface area contributed by atoms with Crippen molar-refractivity contribution in [2.75, 3.05) is 11.4 Å². The van der Waals surface area contributed by atoms with E-state index in [-0.39, 0.29) is 23.3 Å². The molecule has 0 saturated carbocycles. The highest BCUT2D eigenvalue weighted by molar-refractivity contribution is 6.01. The lowest BCUT2D eigenvalue weighted by molar-refractivity contribution is -0.118. The van der Waals surface area contributed by atoms with Gasteiger partial charge in [-0.2, -0.15) is 0 Å². The van der Waals surface area contributed by atoms with Crippen LogP contribution in [0.2, 0.25) is 0 Å². The highest BCUT2D eigenvalue weighted by atomic mass is 19.1. The van der Waals surface area contributed by atoms with Crippen molar-refractivity contribution in [3.8, 4) is 0 Å². The highest BCUT2D eigenvalue weighted by Crippen LogP contribution is 2.41. The second kappa shape index (κ2) is 8.73. The summed E-state index contributed by atoms with van der Waals surface area (Å²) < 4.78 is 40.8. The Bertz CT molecular complexity index is 1200. The van der Waals surface area contributed by atoms with Crippen LogP contribution in [-0.4, -0.2) is 18.4 Å². The fourth-order valence-corrected chi connectivity index (χ4v) is 4.13. The molecule has 4 nitrogen and oxygen atoms in total. The van der Waals surface area contributed by atoms with Crippen LogP contribution in [0.1, 0.15) is 40.9 Å². The van der Waals surface area contributed by atoms with Crippen LogP contribution >= 0.6 is 0 Å². The number of rotatable bonds is 5. The first kappa shape index (κ1) is 22.6. The topological polar surface area (TPSA) is 49.4 Å². The summed E-state index contributed by atoms with van der Waals surface area (Å²) in [6.07, 6.45) is 0.232. The molecule has 0 aliphatic carbocycles. The average Bonchev–Trinajstić information content (AvgIpc) is 3.04. The smallest absolute Gasteiger partial charge is 0.251 e. The van der Waals surface area contributed by atoms with Gasteiger partial charge < -0.3 is 10.2 Å². The highest BCUT2D eigenvalue weighted by Gasteiger charge is 2.38. The third-order valence-corrected chi connectivity index (χ3v) is 5.86. The molecule has 0 atom stereocenters. The SMILES string of the molecule is CC1(C)CN(C(=O)Cc2ccccc2)c2cc(C(=O)NCc3c(F)cc(F)cc3F)ccc21. The van der Waals surface area contributed by atoms with Crippen molar-refractivity contribution >= 4 is 17.5 Å². The summed E-state index contributed by atoms with van der Waals surface area (Å²) in [5.74, 6) is -3.80. The number of hydrogen-bond acceptors (Lipinski definition) is 2. The molecule has 0 radical (unpaired) electrons. The second-order valence-electron chi connectivity index (χ2n) is 8.79. The molecular formula is C26H23F3N2O2. The van der Waals surface area contributed by atoms with Crippen LogP contribution in [0, 0.1) is 17.5 Å². The van der Waals surface area contributed by atoms with Crippen molar-refractivity contribution in [3.05, 3.63) is 100 Å². The maximum Gasteiger partial charge on any atom is 0.251 e. The third kappa shape index (κ3) is 4.62. The lowest BCUT2D eigenvalue weighted by Gasteiger charge is -2.21. The molecule has 170 valence electrons. The van der Waals surface area contributed by atoms with Crippen molar-refractivity contribution in [2.45, 2.75) is 32.2 Å². The number of fused-ring (bicyclic) bond motifs is 1. The molecular weight excluding hydrogens is 429 g/mol. The number of nitrogens with zero attached hydrogens (tertiary/aromatic N) is 1. The fraction of sp³-hybridized carbons (Fsp3) is 0.231. The van der Waals surface area contributed by atoms with Gasteiger partial charge in [0.25, 0.3) is 5.91 Å². The summed E-state index contributed by atoms with van der Waals surface area (Å²) in [5.41, 5.74) is 2.02. The molecule has 2 amide bonds. The third-order valence-electron chi connectivity index (χ3n) is 5.86. The lowest BCUT2D eigenvalue weighted by Crippen LogP contribution is -2.35. The predicted octanol–water partition coefficient (Wildman–Crippen LogP) is 4.90. The number of carbonyl (C=O) groups excluding carboxylic acids is 2. The van der Waals surface area contributed by atoms with Gasteiger partial charge in [-0.3, -0.25) is 9.59 Å². The van der Waals surface area contributed by atoms with Crippen molar-refractivity contribution in [1.82, 2.24) is 5.32 Å². The van der Waals surface area contributed by atoms with Gasteiger partial charge in [0.2, 0.25) is 5.91 Å². The van der Waals surface area contributed by atoms with E-state index in [1.807, 2.05) is 44.2 Å². The zero-order valence-corrected chi connectivity index (χ0v) is 18.3. The van der Waals surface area contributed by atoms with E-state index in [4.69, 9.17) is 0 Å². The summed E-state index contributed by atoms with van der Waals surface area (Å²) in [6.45, 7) is 4.10. The zero-order chi connectivity index (χ0) is 23.8. The molecule has 1 aliphatic heterocycles. The van der Waals surface area contributed by atoms with Gasteiger partial charge in [-0.05, 0) is 23.3 Å². The maximum absolute atomic E-state index is 13.9.